The highest BCUT2D eigenvalue weighted by Crippen LogP contribution is 2.37. The van der Waals surface area contributed by atoms with Crippen molar-refractivity contribution in [2.75, 3.05) is 17.9 Å². The molecule has 3 aromatic rings. The summed E-state index contributed by atoms with van der Waals surface area (Å²) >= 11 is 2.32. The van der Waals surface area contributed by atoms with E-state index < -0.39 is 15.9 Å². The minimum atomic E-state index is -3.83. The number of nitrogens with one attached hydrogen (secondary N) is 1. The van der Waals surface area contributed by atoms with Gasteiger partial charge in [0.15, 0.2) is 5.13 Å². The number of aromatic nitrogens is 1. The Labute approximate surface area is 170 Å². The number of aryl methyl sites for hydroxylation is 1. The number of sulfonamides is 1. The minimum absolute atomic E-state index is 0.166. The quantitative estimate of drug-likeness (QED) is 0.635. The summed E-state index contributed by atoms with van der Waals surface area (Å²) in [6.07, 6.45) is 1.78. The number of fused-ring (bicyclic) bond motifs is 1. The largest absolute Gasteiger partial charge is 0.381 e. The Morgan fingerprint density at radius 2 is 2.07 bits per heavy atom. The number of hydrogen-bond donors (Lipinski definition) is 2. The number of rotatable bonds is 5. The maximum absolute atomic E-state index is 13.0. The fourth-order valence-corrected chi connectivity index (χ4v) is 7.26. The molecule has 3 heterocycles. The predicted octanol–water partition coefficient (Wildman–Crippen LogP) is 3.46. The molecule has 28 heavy (non-hydrogen) atoms. The molecule has 148 valence electrons. The van der Waals surface area contributed by atoms with Crippen LogP contribution in [0.15, 0.2) is 27.8 Å². The van der Waals surface area contributed by atoms with Crippen LogP contribution in [0.25, 0.3) is 10.1 Å². The van der Waals surface area contributed by atoms with E-state index in [1.165, 1.54) is 11.3 Å². The van der Waals surface area contributed by atoms with E-state index in [4.69, 9.17) is 10.5 Å². The summed E-state index contributed by atoms with van der Waals surface area (Å²) < 4.78 is 34.7. The first-order valence-corrected chi connectivity index (χ1v) is 11.9. The molecule has 2 aromatic heterocycles. The van der Waals surface area contributed by atoms with Gasteiger partial charge in [-0.1, -0.05) is 12.1 Å². The zero-order valence-electron chi connectivity index (χ0n) is 15.1. The van der Waals surface area contributed by atoms with Crippen molar-refractivity contribution in [3.05, 3.63) is 40.4 Å². The molecule has 1 aliphatic rings. The van der Waals surface area contributed by atoms with Crippen LogP contribution < -0.4 is 10.5 Å². The average Bonchev–Trinajstić information content (AvgIpc) is 3.27. The lowest BCUT2D eigenvalue weighted by Gasteiger charge is -2.19. The van der Waals surface area contributed by atoms with Crippen LogP contribution in [-0.4, -0.2) is 32.5 Å². The highest BCUT2D eigenvalue weighted by atomic mass is 32.2. The zero-order chi connectivity index (χ0) is 19.9. The molecule has 0 aliphatic carbocycles. The molecule has 10 heteroatoms. The predicted molar refractivity (Wildman–Crippen MR) is 111 cm³/mol. The van der Waals surface area contributed by atoms with E-state index >= 15 is 0 Å². The maximum Gasteiger partial charge on any atom is 0.273 e. The summed E-state index contributed by atoms with van der Waals surface area (Å²) in [6, 6.07) is 5.09. The van der Waals surface area contributed by atoms with Gasteiger partial charge < -0.3 is 10.5 Å². The van der Waals surface area contributed by atoms with Gasteiger partial charge >= 0.3 is 0 Å². The number of thiophene rings is 1. The molecular formula is C18H19N3O4S3. The molecular weight excluding hydrogens is 418 g/mol. The second-order valence-electron chi connectivity index (χ2n) is 6.63. The van der Waals surface area contributed by atoms with Gasteiger partial charge in [0.1, 0.15) is 4.21 Å². The Morgan fingerprint density at radius 3 is 2.79 bits per heavy atom. The first-order chi connectivity index (χ1) is 13.4. The molecule has 0 saturated carbocycles. The number of ether oxygens (including phenoxy) is 1. The summed E-state index contributed by atoms with van der Waals surface area (Å²) in [5.41, 5.74) is 7.25. The van der Waals surface area contributed by atoms with Crippen LogP contribution >= 0.6 is 22.7 Å². The molecule has 0 radical (unpaired) electrons. The molecule has 0 spiro atoms. The summed E-state index contributed by atoms with van der Waals surface area (Å²) in [5, 5.41) is 2.95. The van der Waals surface area contributed by atoms with Gasteiger partial charge in [-0.15, -0.1) is 22.7 Å². The minimum Gasteiger partial charge on any atom is -0.381 e. The SMILES string of the molecule is Cc1c(S(=O)(=O)Nc2nc(C3CCOCC3)cs2)sc2c(C(N)=O)cccc12. The van der Waals surface area contributed by atoms with Crippen LogP contribution in [0.4, 0.5) is 5.13 Å². The van der Waals surface area contributed by atoms with Crippen molar-refractivity contribution in [2.45, 2.75) is 29.9 Å². The number of anilines is 1. The third-order valence-corrected chi connectivity index (χ3v) is 9.02. The molecule has 1 aliphatic heterocycles. The van der Waals surface area contributed by atoms with Crippen molar-refractivity contribution >= 4 is 53.8 Å². The number of hydrogen-bond acceptors (Lipinski definition) is 7. The van der Waals surface area contributed by atoms with Crippen molar-refractivity contribution in [2.24, 2.45) is 5.73 Å². The second kappa shape index (κ2) is 7.43. The van der Waals surface area contributed by atoms with Gasteiger partial charge in [0.05, 0.1) is 11.3 Å². The number of primary amides is 1. The van der Waals surface area contributed by atoms with Gasteiger partial charge in [-0.05, 0) is 36.8 Å². The highest BCUT2D eigenvalue weighted by molar-refractivity contribution is 7.95. The third kappa shape index (κ3) is 3.52. The van der Waals surface area contributed by atoms with E-state index in [2.05, 4.69) is 9.71 Å². The standard InChI is InChI=1S/C18H19N3O4S3/c1-10-12-3-2-4-13(16(19)22)15(12)27-17(10)28(23,24)21-18-20-14(9-26-18)11-5-7-25-8-6-11/h2-4,9,11H,5-8H2,1H3,(H2,19,22)(H,20,21). The van der Waals surface area contributed by atoms with Crippen molar-refractivity contribution in [3.8, 4) is 0 Å². The Morgan fingerprint density at radius 1 is 1.32 bits per heavy atom. The number of nitrogens with zero attached hydrogens (tertiary/aromatic N) is 1. The Bertz CT molecular complexity index is 1140. The normalized spacial score (nSPS) is 15.8. The van der Waals surface area contributed by atoms with Crippen LogP contribution in [-0.2, 0) is 14.8 Å². The maximum atomic E-state index is 13.0. The first kappa shape index (κ1) is 19.3. The zero-order valence-corrected chi connectivity index (χ0v) is 17.5. The molecule has 1 saturated heterocycles. The van der Waals surface area contributed by atoms with E-state index in [0.717, 1.165) is 29.9 Å². The molecule has 1 aromatic carbocycles. The van der Waals surface area contributed by atoms with Gasteiger partial charge in [-0.3, -0.25) is 9.52 Å². The van der Waals surface area contributed by atoms with Crippen LogP contribution in [0.2, 0.25) is 0 Å². The lowest BCUT2D eigenvalue weighted by Crippen LogP contribution is -2.15. The van der Waals surface area contributed by atoms with E-state index in [1.54, 1.807) is 25.1 Å². The number of benzene rings is 1. The number of carbonyl (C=O) groups excluding carboxylic acids is 1. The molecule has 1 fully saturated rings. The molecule has 0 unspecified atom stereocenters. The van der Waals surface area contributed by atoms with E-state index in [1.807, 2.05) is 5.38 Å². The fraction of sp³-hybridized carbons (Fsp3) is 0.333. The topological polar surface area (TPSA) is 111 Å². The Balaban J connectivity index is 1.66. The Kier molecular flexibility index (Phi) is 5.13. The Hall–Kier alpha value is -2.01. The molecule has 0 atom stereocenters. The van der Waals surface area contributed by atoms with E-state index in [-0.39, 0.29) is 4.21 Å². The third-order valence-electron chi connectivity index (χ3n) is 4.81. The molecule has 7 nitrogen and oxygen atoms in total. The average molecular weight is 438 g/mol. The number of nitrogens with two attached hydrogens (primary N) is 1. The van der Waals surface area contributed by atoms with Gasteiger partial charge in [0.2, 0.25) is 5.91 Å². The van der Waals surface area contributed by atoms with Gasteiger partial charge in [0.25, 0.3) is 10.0 Å². The lowest BCUT2D eigenvalue weighted by molar-refractivity contribution is 0.0846. The van der Waals surface area contributed by atoms with Crippen molar-refractivity contribution in [3.63, 3.8) is 0 Å². The lowest BCUT2D eigenvalue weighted by atomic mass is 9.98. The monoisotopic (exact) mass is 437 g/mol. The van der Waals surface area contributed by atoms with E-state index in [0.29, 0.717) is 45.5 Å². The highest BCUT2D eigenvalue weighted by Gasteiger charge is 2.26. The molecule has 3 N–H and O–H groups in total. The fourth-order valence-electron chi connectivity index (χ4n) is 3.35. The molecule has 4 rings (SSSR count). The molecule has 0 bridgehead atoms. The smallest absolute Gasteiger partial charge is 0.273 e. The summed E-state index contributed by atoms with van der Waals surface area (Å²) in [5.74, 6) is -0.280. The van der Waals surface area contributed by atoms with Gasteiger partial charge in [-0.2, -0.15) is 0 Å². The van der Waals surface area contributed by atoms with Gasteiger partial charge in [-0.25, -0.2) is 13.4 Å². The van der Waals surface area contributed by atoms with Crippen molar-refractivity contribution < 1.29 is 17.9 Å². The van der Waals surface area contributed by atoms with Crippen LogP contribution in [0.1, 0.15) is 40.4 Å². The summed E-state index contributed by atoms with van der Waals surface area (Å²) in [4.78, 5) is 16.2. The summed E-state index contributed by atoms with van der Waals surface area (Å²) in [7, 11) is -3.83. The number of thiazole rings is 1. The van der Waals surface area contributed by atoms with Crippen LogP contribution in [0.3, 0.4) is 0 Å². The summed E-state index contributed by atoms with van der Waals surface area (Å²) in [6.45, 7) is 3.13. The van der Waals surface area contributed by atoms with Crippen LogP contribution in [0, 0.1) is 6.92 Å². The van der Waals surface area contributed by atoms with Crippen molar-refractivity contribution in [1.29, 1.82) is 0 Å². The van der Waals surface area contributed by atoms with Crippen LogP contribution in [0.5, 0.6) is 0 Å². The number of carbonyl (C=O) groups is 1. The number of amides is 1. The van der Waals surface area contributed by atoms with E-state index in [9.17, 15) is 13.2 Å². The van der Waals surface area contributed by atoms with Gasteiger partial charge in [0, 0.05) is 29.2 Å². The molecule has 1 amide bonds. The first-order valence-electron chi connectivity index (χ1n) is 8.74. The second-order valence-corrected chi connectivity index (χ2v) is 10.4. The van der Waals surface area contributed by atoms with Crippen molar-refractivity contribution in [1.82, 2.24) is 4.98 Å².